The van der Waals surface area contributed by atoms with Crippen molar-refractivity contribution in [3.63, 3.8) is 0 Å². The second kappa shape index (κ2) is 5.77. The molecule has 0 radical (unpaired) electrons. The van der Waals surface area contributed by atoms with Crippen LogP contribution in [-0.4, -0.2) is 45.2 Å². The molecule has 0 saturated carbocycles. The number of imide groups is 1. The fraction of sp³-hybridized carbons (Fsp3) is 0.462. The topological polar surface area (TPSA) is 92.3 Å². The van der Waals surface area contributed by atoms with Gasteiger partial charge in [0.1, 0.15) is 18.4 Å². The van der Waals surface area contributed by atoms with E-state index >= 15 is 0 Å². The highest BCUT2D eigenvalue weighted by atomic mass is 35.5. The maximum absolute atomic E-state index is 12.5. The number of nitrogens with one attached hydrogen (secondary N) is 1. The zero-order chi connectivity index (χ0) is 15.7. The summed E-state index contributed by atoms with van der Waals surface area (Å²) in [5, 5.41) is 2.26. The van der Waals surface area contributed by atoms with Gasteiger partial charge >= 0.3 is 0 Å². The second-order valence-electron chi connectivity index (χ2n) is 5.10. The molecule has 1 N–H and O–H groups in total. The largest absolute Gasteiger partial charge is 0.316 e. The molecular formula is C13H15ClN4O3. The van der Waals surface area contributed by atoms with Gasteiger partial charge in [0, 0.05) is 5.92 Å². The highest BCUT2D eigenvalue weighted by Gasteiger charge is 2.35. The number of carbonyl (C=O) groups is 3. The second-order valence-corrected chi connectivity index (χ2v) is 5.51. The minimum Gasteiger partial charge on any atom is -0.316 e. The SMILES string of the molecule is CC(C)c1ncc(Cl)c(C(=O)N2CC(=O)NC(=O)C2C)n1. The number of hydrogen-bond acceptors (Lipinski definition) is 5. The Hall–Kier alpha value is -2.02. The maximum Gasteiger partial charge on any atom is 0.275 e. The molecule has 1 aromatic heterocycles. The Morgan fingerprint density at radius 1 is 1.48 bits per heavy atom. The highest BCUT2D eigenvalue weighted by Crippen LogP contribution is 2.19. The van der Waals surface area contributed by atoms with Crippen LogP contribution in [0.1, 0.15) is 43.0 Å². The van der Waals surface area contributed by atoms with Crippen LogP contribution < -0.4 is 5.32 Å². The van der Waals surface area contributed by atoms with E-state index in [9.17, 15) is 14.4 Å². The summed E-state index contributed by atoms with van der Waals surface area (Å²) >= 11 is 5.98. The lowest BCUT2D eigenvalue weighted by Gasteiger charge is -2.31. The molecule has 2 rings (SSSR count). The van der Waals surface area contributed by atoms with Crippen LogP contribution in [-0.2, 0) is 9.59 Å². The predicted molar refractivity (Wildman–Crippen MR) is 74.8 cm³/mol. The number of rotatable bonds is 2. The van der Waals surface area contributed by atoms with Crippen molar-refractivity contribution < 1.29 is 14.4 Å². The van der Waals surface area contributed by atoms with Gasteiger partial charge in [-0.05, 0) is 6.92 Å². The van der Waals surface area contributed by atoms with Crippen LogP contribution in [0.3, 0.4) is 0 Å². The monoisotopic (exact) mass is 310 g/mol. The van der Waals surface area contributed by atoms with Crippen LogP contribution >= 0.6 is 11.6 Å². The maximum atomic E-state index is 12.5. The number of hydrogen-bond donors (Lipinski definition) is 1. The van der Waals surface area contributed by atoms with Crippen LogP contribution in [0.4, 0.5) is 0 Å². The van der Waals surface area contributed by atoms with E-state index in [-0.39, 0.29) is 23.2 Å². The fourth-order valence-corrected chi connectivity index (χ4v) is 2.08. The number of halogens is 1. The van der Waals surface area contributed by atoms with Crippen molar-refractivity contribution in [2.75, 3.05) is 6.54 Å². The molecule has 21 heavy (non-hydrogen) atoms. The quantitative estimate of drug-likeness (QED) is 0.813. The Kier molecular flexibility index (Phi) is 4.22. The Labute approximate surface area is 126 Å². The summed E-state index contributed by atoms with van der Waals surface area (Å²) in [7, 11) is 0. The van der Waals surface area contributed by atoms with Gasteiger partial charge in [-0.3, -0.25) is 19.7 Å². The molecule has 8 heteroatoms. The van der Waals surface area contributed by atoms with E-state index in [1.54, 1.807) is 0 Å². The van der Waals surface area contributed by atoms with Crippen molar-refractivity contribution in [2.45, 2.75) is 32.7 Å². The van der Waals surface area contributed by atoms with Crippen molar-refractivity contribution in [3.05, 3.63) is 22.7 Å². The number of piperazine rings is 1. The normalized spacial score (nSPS) is 18.9. The van der Waals surface area contributed by atoms with Gasteiger partial charge in [0.2, 0.25) is 11.8 Å². The van der Waals surface area contributed by atoms with E-state index in [0.29, 0.717) is 5.82 Å². The van der Waals surface area contributed by atoms with Gasteiger partial charge in [-0.1, -0.05) is 25.4 Å². The lowest BCUT2D eigenvalue weighted by Crippen LogP contribution is -2.58. The van der Waals surface area contributed by atoms with E-state index in [2.05, 4.69) is 15.3 Å². The average molecular weight is 311 g/mol. The van der Waals surface area contributed by atoms with Gasteiger partial charge in [-0.2, -0.15) is 0 Å². The summed E-state index contributed by atoms with van der Waals surface area (Å²) in [6, 6.07) is -0.760. The molecule has 1 atom stereocenters. The molecule has 1 aromatic rings. The zero-order valence-electron chi connectivity index (χ0n) is 11.9. The Morgan fingerprint density at radius 2 is 2.14 bits per heavy atom. The van der Waals surface area contributed by atoms with Crippen LogP contribution in [0.15, 0.2) is 6.20 Å². The third-order valence-corrected chi connectivity index (χ3v) is 3.44. The summed E-state index contributed by atoms with van der Waals surface area (Å²) in [6.45, 7) is 5.11. The molecular weight excluding hydrogens is 296 g/mol. The first-order chi connectivity index (χ1) is 9.81. The standard InChI is InChI=1S/C13H15ClN4O3/c1-6(2)11-15-4-8(14)10(17-11)13(21)18-5-9(19)16-12(20)7(18)3/h4,6-7H,5H2,1-3H3,(H,16,19,20). The number of nitrogens with zero attached hydrogens (tertiary/aromatic N) is 3. The Bertz CT molecular complexity index is 617. The van der Waals surface area contributed by atoms with E-state index in [1.165, 1.54) is 13.1 Å². The van der Waals surface area contributed by atoms with Crippen molar-refractivity contribution >= 4 is 29.3 Å². The lowest BCUT2D eigenvalue weighted by atomic mass is 10.1. The molecule has 0 aromatic carbocycles. The first-order valence-corrected chi connectivity index (χ1v) is 6.86. The summed E-state index contributed by atoms with van der Waals surface area (Å²) in [6.07, 6.45) is 1.35. The van der Waals surface area contributed by atoms with Crippen LogP contribution in [0, 0.1) is 0 Å². The molecule has 1 fully saturated rings. The average Bonchev–Trinajstić information content (AvgIpc) is 2.42. The van der Waals surface area contributed by atoms with Gasteiger partial charge in [0.25, 0.3) is 5.91 Å². The number of aromatic nitrogens is 2. The molecule has 0 bridgehead atoms. The molecule has 1 saturated heterocycles. The summed E-state index contributed by atoms with van der Waals surface area (Å²) in [4.78, 5) is 44.9. The van der Waals surface area contributed by atoms with Crippen LogP contribution in [0.2, 0.25) is 5.02 Å². The summed E-state index contributed by atoms with van der Waals surface area (Å²) in [5.74, 6) is -1.10. The molecule has 7 nitrogen and oxygen atoms in total. The van der Waals surface area contributed by atoms with E-state index in [4.69, 9.17) is 11.6 Å². The lowest BCUT2D eigenvalue weighted by molar-refractivity contribution is -0.138. The van der Waals surface area contributed by atoms with Crippen molar-refractivity contribution in [3.8, 4) is 0 Å². The van der Waals surface area contributed by atoms with Gasteiger partial charge in [-0.15, -0.1) is 0 Å². The minimum absolute atomic E-state index is 0.00437. The van der Waals surface area contributed by atoms with E-state index < -0.39 is 23.8 Å². The summed E-state index contributed by atoms with van der Waals surface area (Å²) < 4.78 is 0. The van der Waals surface area contributed by atoms with E-state index in [1.807, 2.05) is 13.8 Å². The molecule has 0 aliphatic carbocycles. The molecule has 1 unspecified atom stereocenters. The summed E-state index contributed by atoms with van der Waals surface area (Å²) in [5.41, 5.74) is 0.00437. The third-order valence-electron chi connectivity index (χ3n) is 3.17. The Morgan fingerprint density at radius 3 is 2.76 bits per heavy atom. The van der Waals surface area contributed by atoms with Crippen molar-refractivity contribution in [1.29, 1.82) is 0 Å². The van der Waals surface area contributed by atoms with Gasteiger partial charge in [0.15, 0.2) is 5.69 Å². The fourth-order valence-electron chi connectivity index (χ4n) is 1.91. The van der Waals surface area contributed by atoms with Crippen molar-refractivity contribution in [1.82, 2.24) is 20.2 Å². The molecule has 2 heterocycles. The predicted octanol–water partition coefficient (Wildman–Crippen LogP) is 0.740. The van der Waals surface area contributed by atoms with Gasteiger partial charge < -0.3 is 4.90 Å². The molecule has 1 aliphatic heterocycles. The molecule has 1 aliphatic rings. The van der Waals surface area contributed by atoms with Crippen molar-refractivity contribution in [2.24, 2.45) is 0 Å². The van der Waals surface area contributed by atoms with E-state index in [0.717, 1.165) is 4.90 Å². The van der Waals surface area contributed by atoms with Gasteiger partial charge in [-0.25, -0.2) is 9.97 Å². The number of amides is 3. The zero-order valence-corrected chi connectivity index (χ0v) is 12.6. The smallest absolute Gasteiger partial charge is 0.275 e. The molecule has 112 valence electrons. The molecule has 0 spiro atoms. The minimum atomic E-state index is -0.760. The molecule has 3 amide bonds. The third kappa shape index (κ3) is 3.02. The van der Waals surface area contributed by atoms with Gasteiger partial charge in [0.05, 0.1) is 11.2 Å². The first-order valence-electron chi connectivity index (χ1n) is 6.48. The first kappa shape index (κ1) is 15.4. The number of carbonyl (C=O) groups excluding carboxylic acids is 3. The highest BCUT2D eigenvalue weighted by molar-refractivity contribution is 6.33. The van der Waals surface area contributed by atoms with Crippen LogP contribution in [0.5, 0.6) is 0 Å². The Balaban J connectivity index is 2.37. The van der Waals surface area contributed by atoms with Crippen LogP contribution in [0.25, 0.3) is 0 Å².